The number of piperidine rings is 1. The molecule has 0 saturated carbocycles. The van der Waals surface area contributed by atoms with Crippen LogP contribution in [0.25, 0.3) is 0 Å². The number of carbonyl (C=O) groups is 1. The van der Waals surface area contributed by atoms with Gasteiger partial charge in [-0.15, -0.1) is 0 Å². The summed E-state index contributed by atoms with van der Waals surface area (Å²) in [4.78, 5) is 25.5. The van der Waals surface area contributed by atoms with Crippen molar-refractivity contribution in [1.29, 1.82) is 0 Å². The second kappa shape index (κ2) is 8.99. The van der Waals surface area contributed by atoms with Crippen LogP contribution in [0.3, 0.4) is 0 Å². The lowest BCUT2D eigenvalue weighted by molar-refractivity contribution is -0.137. The number of carbonyl (C=O) groups excluding carboxylic acids is 1. The highest BCUT2D eigenvalue weighted by Gasteiger charge is 2.34. The Morgan fingerprint density at radius 1 is 0.967 bits per heavy atom. The van der Waals surface area contributed by atoms with Gasteiger partial charge < -0.3 is 9.80 Å². The summed E-state index contributed by atoms with van der Waals surface area (Å²) in [5.74, 6) is 0.897. The third kappa shape index (κ3) is 4.50. The van der Waals surface area contributed by atoms with Crippen molar-refractivity contribution in [2.24, 2.45) is 5.92 Å². The van der Waals surface area contributed by atoms with E-state index in [9.17, 15) is 13.2 Å². The van der Waals surface area contributed by atoms with Gasteiger partial charge in [-0.25, -0.2) is 18.4 Å². The lowest BCUT2D eigenvalue weighted by atomic mass is 9.96. The maximum atomic E-state index is 13.0. The van der Waals surface area contributed by atoms with Crippen molar-refractivity contribution >= 4 is 37.7 Å². The molecule has 0 spiro atoms. The number of hydrogen-bond donors (Lipinski definition) is 0. The topological polar surface area (TPSA) is 86.7 Å². The van der Waals surface area contributed by atoms with Gasteiger partial charge in [0.15, 0.2) is 0 Å². The Morgan fingerprint density at radius 3 is 2.23 bits per heavy atom. The molecule has 2 aromatic rings. The van der Waals surface area contributed by atoms with Crippen molar-refractivity contribution in [3.05, 3.63) is 47.3 Å². The van der Waals surface area contributed by atoms with E-state index in [0.717, 1.165) is 23.4 Å². The minimum Gasteiger partial charge on any atom is -0.353 e. The normalized spacial score (nSPS) is 19.1. The van der Waals surface area contributed by atoms with Gasteiger partial charge in [0.25, 0.3) is 0 Å². The van der Waals surface area contributed by atoms with Crippen molar-refractivity contribution < 1.29 is 13.2 Å². The molecule has 0 N–H and O–H groups in total. The number of amides is 1. The first-order valence-corrected chi connectivity index (χ1v) is 12.2. The Morgan fingerprint density at radius 2 is 1.63 bits per heavy atom. The van der Waals surface area contributed by atoms with Crippen LogP contribution in [0, 0.1) is 5.92 Å². The molecule has 2 aliphatic heterocycles. The van der Waals surface area contributed by atoms with Gasteiger partial charge in [0.1, 0.15) is 12.1 Å². The fourth-order valence-electron chi connectivity index (χ4n) is 3.98. The smallest absolute Gasteiger partial charge is 0.243 e. The van der Waals surface area contributed by atoms with Crippen LogP contribution < -0.4 is 4.90 Å². The van der Waals surface area contributed by atoms with Gasteiger partial charge in [-0.2, -0.15) is 4.31 Å². The van der Waals surface area contributed by atoms with Crippen molar-refractivity contribution in [1.82, 2.24) is 19.2 Å². The van der Waals surface area contributed by atoms with E-state index in [2.05, 4.69) is 30.8 Å². The van der Waals surface area contributed by atoms with Gasteiger partial charge in [0, 0.05) is 55.9 Å². The highest BCUT2D eigenvalue weighted by molar-refractivity contribution is 9.10. The molecule has 1 aromatic carbocycles. The van der Waals surface area contributed by atoms with Crippen LogP contribution in [0.2, 0.25) is 0 Å². The van der Waals surface area contributed by atoms with Gasteiger partial charge in [0.2, 0.25) is 15.9 Å². The fourth-order valence-corrected chi connectivity index (χ4v) is 5.72. The van der Waals surface area contributed by atoms with Gasteiger partial charge in [0.05, 0.1) is 4.90 Å². The molecule has 0 unspecified atom stereocenters. The highest BCUT2D eigenvalue weighted by Crippen LogP contribution is 2.26. The van der Waals surface area contributed by atoms with Crippen LogP contribution in [0.5, 0.6) is 0 Å². The molecule has 1 aromatic heterocycles. The summed E-state index contributed by atoms with van der Waals surface area (Å²) in [6, 6.07) is 8.54. The van der Waals surface area contributed by atoms with Gasteiger partial charge in [-0.1, -0.05) is 15.9 Å². The van der Waals surface area contributed by atoms with E-state index in [-0.39, 0.29) is 16.7 Å². The summed E-state index contributed by atoms with van der Waals surface area (Å²) in [6.07, 6.45) is 4.36. The molecule has 2 saturated heterocycles. The summed E-state index contributed by atoms with van der Waals surface area (Å²) in [5.41, 5.74) is 0. The number of hydrogen-bond acceptors (Lipinski definition) is 6. The Kier molecular flexibility index (Phi) is 6.35. The summed E-state index contributed by atoms with van der Waals surface area (Å²) < 4.78 is 28.0. The number of aromatic nitrogens is 2. The van der Waals surface area contributed by atoms with Crippen molar-refractivity contribution in [2.45, 2.75) is 17.7 Å². The number of anilines is 1. The highest BCUT2D eigenvalue weighted by atomic mass is 79.9. The summed E-state index contributed by atoms with van der Waals surface area (Å²) >= 11 is 3.33. The zero-order valence-corrected chi connectivity index (χ0v) is 18.9. The molecule has 0 aliphatic carbocycles. The molecule has 0 radical (unpaired) electrons. The Labute approximate surface area is 185 Å². The predicted octanol–water partition coefficient (Wildman–Crippen LogP) is 1.99. The largest absolute Gasteiger partial charge is 0.353 e. The van der Waals surface area contributed by atoms with E-state index in [0.29, 0.717) is 39.0 Å². The van der Waals surface area contributed by atoms with Crippen molar-refractivity contribution in [2.75, 3.05) is 44.2 Å². The average molecular weight is 494 g/mol. The average Bonchev–Trinajstić information content (AvgIpc) is 2.80. The monoisotopic (exact) mass is 493 g/mol. The first kappa shape index (κ1) is 21.2. The number of halogens is 1. The maximum Gasteiger partial charge on any atom is 0.243 e. The molecule has 8 nitrogen and oxygen atoms in total. The minimum atomic E-state index is -3.52. The Bertz CT molecular complexity index is 971. The number of piperazine rings is 1. The SMILES string of the molecule is O=C(C1CCN(S(=O)(=O)c2ccc(Br)cc2)CC1)N1CCN(c2ccncn2)CC1. The van der Waals surface area contributed by atoms with E-state index >= 15 is 0 Å². The van der Waals surface area contributed by atoms with E-state index in [4.69, 9.17) is 0 Å². The zero-order chi connectivity index (χ0) is 21.1. The van der Waals surface area contributed by atoms with Crippen LogP contribution in [0.4, 0.5) is 5.82 Å². The molecule has 4 rings (SSSR count). The fraction of sp³-hybridized carbons (Fsp3) is 0.450. The van der Waals surface area contributed by atoms with Gasteiger partial charge in [-0.3, -0.25) is 4.79 Å². The molecule has 3 heterocycles. The van der Waals surface area contributed by atoms with Gasteiger partial charge in [-0.05, 0) is 43.2 Å². The molecule has 2 aliphatic rings. The van der Waals surface area contributed by atoms with Crippen LogP contribution >= 0.6 is 15.9 Å². The van der Waals surface area contributed by atoms with E-state index in [1.165, 1.54) is 10.6 Å². The lowest BCUT2D eigenvalue weighted by Crippen LogP contribution is -2.52. The lowest BCUT2D eigenvalue weighted by Gasteiger charge is -2.38. The molecule has 2 fully saturated rings. The number of rotatable bonds is 4. The summed E-state index contributed by atoms with van der Waals surface area (Å²) in [5, 5.41) is 0. The van der Waals surface area contributed by atoms with Crippen LogP contribution in [-0.4, -0.2) is 72.8 Å². The zero-order valence-electron chi connectivity index (χ0n) is 16.5. The number of benzene rings is 1. The minimum absolute atomic E-state index is 0.119. The third-order valence-electron chi connectivity index (χ3n) is 5.74. The molecule has 1 amide bonds. The third-order valence-corrected chi connectivity index (χ3v) is 8.18. The molecule has 30 heavy (non-hydrogen) atoms. The van der Waals surface area contributed by atoms with Crippen LogP contribution in [0.15, 0.2) is 52.2 Å². The van der Waals surface area contributed by atoms with Gasteiger partial charge >= 0.3 is 0 Å². The quantitative estimate of drug-likeness (QED) is 0.647. The molecular formula is C20H24BrN5O3S. The molecule has 10 heteroatoms. The van der Waals surface area contributed by atoms with Crippen molar-refractivity contribution in [3.8, 4) is 0 Å². The van der Waals surface area contributed by atoms with Crippen molar-refractivity contribution in [3.63, 3.8) is 0 Å². The van der Waals surface area contributed by atoms with E-state index < -0.39 is 10.0 Å². The second-order valence-electron chi connectivity index (χ2n) is 7.51. The van der Waals surface area contributed by atoms with Crippen LogP contribution in [0.1, 0.15) is 12.8 Å². The number of sulfonamides is 1. The summed E-state index contributed by atoms with van der Waals surface area (Å²) in [6.45, 7) is 3.52. The van der Waals surface area contributed by atoms with E-state index in [1.807, 2.05) is 11.0 Å². The molecule has 0 atom stereocenters. The molecular weight excluding hydrogens is 470 g/mol. The first-order chi connectivity index (χ1) is 14.4. The molecule has 160 valence electrons. The predicted molar refractivity (Wildman–Crippen MR) is 116 cm³/mol. The number of nitrogens with zero attached hydrogens (tertiary/aromatic N) is 5. The second-order valence-corrected chi connectivity index (χ2v) is 10.4. The summed E-state index contributed by atoms with van der Waals surface area (Å²) in [7, 11) is -3.52. The Hall–Kier alpha value is -2.04. The Balaban J connectivity index is 1.31. The first-order valence-electron chi connectivity index (χ1n) is 10.0. The van der Waals surface area contributed by atoms with E-state index in [1.54, 1.807) is 30.5 Å². The van der Waals surface area contributed by atoms with Crippen LogP contribution in [-0.2, 0) is 14.8 Å². The molecule has 0 bridgehead atoms. The standard InChI is InChI=1S/C20H24BrN5O3S/c21-17-1-3-18(4-2-17)30(28,29)26-9-6-16(7-10-26)20(27)25-13-11-24(12-14-25)19-5-8-22-15-23-19/h1-5,8,15-16H,6-7,9-14H2. The maximum absolute atomic E-state index is 13.0.